The number of unbranched alkanes of at least 4 members (excludes halogenated alkanes) is 3. The molecular formula is C19H23NO3. The van der Waals surface area contributed by atoms with Gasteiger partial charge in [0.2, 0.25) is 5.88 Å². The molecule has 4 nitrogen and oxygen atoms in total. The molecule has 0 aliphatic carbocycles. The van der Waals surface area contributed by atoms with Crippen LogP contribution in [0.2, 0.25) is 0 Å². The van der Waals surface area contributed by atoms with Crippen molar-refractivity contribution in [2.24, 2.45) is 0 Å². The Morgan fingerprint density at radius 3 is 2.48 bits per heavy atom. The first-order chi connectivity index (χ1) is 11.2. The summed E-state index contributed by atoms with van der Waals surface area (Å²) in [6, 6.07) is 11.2. The number of aliphatic hydroxyl groups is 1. The van der Waals surface area contributed by atoms with Crippen molar-refractivity contribution in [3.63, 3.8) is 0 Å². The lowest BCUT2D eigenvalue weighted by molar-refractivity contribution is 0.0903. The average Bonchev–Trinajstić information content (AvgIpc) is 2.60. The van der Waals surface area contributed by atoms with Crippen LogP contribution in [0.1, 0.15) is 48.5 Å². The highest BCUT2D eigenvalue weighted by atomic mass is 16.5. The van der Waals surface area contributed by atoms with E-state index in [9.17, 15) is 4.79 Å². The molecule has 1 N–H and O–H groups in total. The number of rotatable bonds is 9. The number of hydrogen-bond donors (Lipinski definition) is 1. The van der Waals surface area contributed by atoms with Gasteiger partial charge in [0.05, 0.1) is 0 Å². The molecule has 1 aromatic heterocycles. The van der Waals surface area contributed by atoms with Crippen molar-refractivity contribution in [2.45, 2.75) is 39.0 Å². The maximum atomic E-state index is 11.3. The highest BCUT2D eigenvalue weighted by Gasteiger charge is 2.05. The lowest BCUT2D eigenvalue weighted by Crippen LogP contribution is -2.04. The Hall–Kier alpha value is -2.20. The molecular weight excluding hydrogens is 290 g/mol. The van der Waals surface area contributed by atoms with Crippen molar-refractivity contribution in [3.05, 3.63) is 53.7 Å². The monoisotopic (exact) mass is 313 g/mol. The zero-order chi connectivity index (χ0) is 16.5. The van der Waals surface area contributed by atoms with Crippen molar-refractivity contribution in [3.8, 4) is 11.6 Å². The van der Waals surface area contributed by atoms with Crippen LogP contribution in [-0.4, -0.2) is 22.5 Å². The van der Waals surface area contributed by atoms with Gasteiger partial charge in [-0.15, -0.1) is 0 Å². The third kappa shape index (κ3) is 5.49. The third-order valence-corrected chi connectivity index (χ3v) is 3.67. The fourth-order valence-corrected chi connectivity index (χ4v) is 2.30. The molecule has 0 bridgehead atoms. The molecule has 0 saturated carbocycles. The van der Waals surface area contributed by atoms with Gasteiger partial charge in [-0.2, -0.15) is 0 Å². The molecule has 0 aliphatic heterocycles. The zero-order valence-electron chi connectivity index (χ0n) is 13.5. The summed E-state index contributed by atoms with van der Waals surface area (Å²) in [5, 5.41) is 8.80. The molecule has 0 amide bonds. The molecule has 0 spiro atoms. The van der Waals surface area contributed by atoms with E-state index in [1.54, 1.807) is 12.1 Å². The van der Waals surface area contributed by atoms with Crippen molar-refractivity contribution in [1.82, 2.24) is 4.98 Å². The van der Waals surface area contributed by atoms with Gasteiger partial charge in [0.1, 0.15) is 12.4 Å². The molecule has 2 aromatic rings. The summed E-state index contributed by atoms with van der Waals surface area (Å²) in [4.78, 5) is 15.4. The minimum Gasteiger partial charge on any atom is -0.439 e. The normalized spacial score (nSPS) is 10.5. The summed E-state index contributed by atoms with van der Waals surface area (Å²) < 4.78 is 5.66. The quantitative estimate of drug-likeness (QED) is 0.557. The Balaban J connectivity index is 1.89. The van der Waals surface area contributed by atoms with Crippen LogP contribution in [0.15, 0.2) is 42.6 Å². The number of carbonyl (C=O) groups is 1. The first-order valence-electron chi connectivity index (χ1n) is 8.10. The molecule has 122 valence electrons. The van der Waals surface area contributed by atoms with Crippen molar-refractivity contribution < 1.29 is 14.6 Å². The van der Waals surface area contributed by atoms with E-state index in [4.69, 9.17) is 9.84 Å². The number of ether oxygens (including phenoxy) is 1. The van der Waals surface area contributed by atoms with Crippen LogP contribution in [0.3, 0.4) is 0 Å². The van der Waals surface area contributed by atoms with Gasteiger partial charge < -0.3 is 9.84 Å². The number of pyridine rings is 1. The number of carbonyl (C=O) groups excluding carboxylic acids is 1. The van der Waals surface area contributed by atoms with Crippen molar-refractivity contribution in [1.29, 1.82) is 0 Å². The van der Waals surface area contributed by atoms with Gasteiger partial charge in [-0.1, -0.05) is 38.3 Å². The first kappa shape index (κ1) is 17.2. The predicted octanol–water partition coefficient (Wildman–Crippen LogP) is 4.17. The number of Topliss-reactive ketones (excluding diaryl/α,β-unsaturated/α-hetero) is 1. The molecule has 0 unspecified atom stereocenters. The number of ketones is 1. The molecule has 0 radical (unpaired) electrons. The number of hydrogen-bond acceptors (Lipinski definition) is 4. The van der Waals surface area contributed by atoms with Crippen LogP contribution in [0.4, 0.5) is 0 Å². The standard InChI is InChI=1S/C19H23NO3/c1-2-3-4-5-6-15-7-10-17(11-8-15)23-19-12-9-16(13-20-19)18(22)14-21/h7-13,21H,2-6,14H2,1H3. The molecule has 0 fully saturated rings. The molecule has 2 rings (SSSR count). The van der Waals surface area contributed by atoms with Gasteiger partial charge in [-0.05, 0) is 36.6 Å². The average molecular weight is 313 g/mol. The number of benzene rings is 1. The van der Waals surface area contributed by atoms with E-state index in [1.807, 2.05) is 12.1 Å². The van der Waals surface area contributed by atoms with Crippen LogP contribution in [0, 0.1) is 0 Å². The second-order valence-corrected chi connectivity index (χ2v) is 5.52. The minimum absolute atomic E-state index is 0.350. The first-order valence-corrected chi connectivity index (χ1v) is 8.10. The number of aliphatic hydroxyl groups excluding tert-OH is 1. The zero-order valence-corrected chi connectivity index (χ0v) is 13.5. The predicted molar refractivity (Wildman–Crippen MR) is 90.0 cm³/mol. The van der Waals surface area contributed by atoms with E-state index >= 15 is 0 Å². The van der Waals surface area contributed by atoms with Crippen molar-refractivity contribution >= 4 is 5.78 Å². The topological polar surface area (TPSA) is 59.4 Å². The Morgan fingerprint density at radius 2 is 1.87 bits per heavy atom. The second kappa shape index (κ2) is 9.06. The molecule has 1 heterocycles. The van der Waals surface area contributed by atoms with Gasteiger partial charge >= 0.3 is 0 Å². The maximum absolute atomic E-state index is 11.3. The largest absolute Gasteiger partial charge is 0.439 e. The van der Waals surface area contributed by atoms with Gasteiger partial charge in [-0.25, -0.2) is 4.98 Å². The highest BCUT2D eigenvalue weighted by Crippen LogP contribution is 2.20. The Morgan fingerprint density at radius 1 is 1.09 bits per heavy atom. The molecule has 0 saturated heterocycles. The summed E-state index contributed by atoms with van der Waals surface area (Å²) in [6.07, 6.45) is 7.55. The smallest absolute Gasteiger partial charge is 0.219 e. The third-order valence-electron chi connectivity index (χ3n) is 3.67. The van der Waals surface area contributed by atoms with Crippen LogP contribution in [0.25, 0.3) is 0 Å². The fourth-order valence-electron chi connectivity index (χ4n) is 2.30. The number of aryl methyl sites for hydroxylation is 1. The highest BCUT2D eigenvalue weighted by molar-refractivity contribution is 5.96. The van der Waals surface area contributed by atoms with E-state index in [-0.39, 0.29) is 5.78 Å². The lowest BCUT2D eigenvalue weighted by Gasteiger charge is -2.07. The van der Waals surface area contributed by atoms with Gasteiger partial charge in [-0.3, -0.25) is 4.79 Å². The molecule has 23 heavy (non-hydrogen) atoms. The Bertz CT molecular complexity index is 606. The van der Waals surface area contributed by atoms with Gasteiger partial charge in [0, 0.05) is 17.8 Å². The number of nitrogens with zero attached hydrogens (tertiary/aromatic N) is 1. The molecule has 1 aromatic carbocycles. The van der Waals surface area contributed by atoms with Crippen LogP contribution in [-0.2, 0) is 6.42 Å². The molecule has 0 aliphatic rings. The summed E-state index contributed by atoms with van der Waals surface area (Å²) in [6.45, 7) is 1.70. The van der Waals surface area contributed by atoms with E-state index in [1.165, 1.54) is 37.4 Å². The second-order valence-electron chi connectivity index (χ2n) is 5.52. The Labute approximate surface area is 137 Å². The van der Waals surface area contributed by atoms with Crippen molar-refractivity contribution in [2.75, 3.05) is 6.61 Å². The van der Waals surface area contributed by atoms with Crippen LogP contribution >= 0.6 is 0 Å². The molecule has 0 atom stereocenters. The minimum atomic E-state index is -0.512. The van der Waals surface area contributed by atoms with Crippen LogP contribution in [0.5, 0.6) is 11.6 Å². The maximum Gasteiger partial charge on any atom is 0.219 e. The summed E-state index contributed by atoms with van der Waals surface area (Å²) in [7, 11) is 0. The Kier molecular flexibility index (Phi) is 6.76. The van der Waals surface area contributed by atoms with E-state index in [0.29, 0.717) is 11.4 Å². The summed E-state index contributed by atoms with van der Waals surface area (Å²) >= 11 is 0. The summed E-state index contributed by atoms with van der Waals surface area (Å²) in [5.41, 5.74) is 1.69. The van der Waals surface area contributed by atoms with Crippen LogP contribution < -0.4 is 4.74 Å². The summed E-state index contributed by atoms with van der Waals surface area (Å²) in [5.74, 6) is 0.794. The van der Waals surface area contributed by atoms with Gasteiger partial charge in [0.15, 0.2) is 5.78 Å². The van der Waals surface area contributed by atoms with E-state index < -0.39 is 6.61 Å². The van der Waals surface area contributed by atoms with E-state index in [0.717, 1.165) is 12.2 Å². The SMILES string of the molecule is CCCCCCc1ccc(Oc2ccc(C(=O)CO)cn2)cc1. The molecule has 4 heteroatoms. The van der Waals surface area contributed by atoms with Gasteiger partial charge in [0.25, 0.3) is 0 Å². The number of aromatic nitrogens is 1. The fraction of sp³-hybridized carbons (Fsp3) is 0.368. The lowest BCUT2D eigenvalue weighted by atomic mass is 10.1. The van der Waals surface area contributed by atoms with E-state index in [2.05, 4.69) is 24.0 Å².